The standard InChI is InChI=1S/C21H24BrNO4/c1-19-8-5-15(24)13-14(19)3-4-16-17(19)6-9-20(2)18(16)7-10-21(20,11-12-22)27-23(25)26/h5,8,13,16-18H,3-4,6-7,9-10H2,1-2H3/t16-,17+,18+,19+,20+,21-/m1/s1. The maximum Gasteiger partial charge on any atom is 0.296 e. The maximum atomic E-state index is 11.9. The summed E-state index contributed by atoms with van der Waals surface area (Å²) in [4.78, 5) is 31.1. The third-order valence-corrected chi connectivity index (χ3v) is 8.35. The highest BCUT2D eigenvalue weighted by Gasteiger charge is 2.65. The van der Waals surface area contributed by atoms with Crippen LogP contribution >= 0.6 is 15.9 Å². The molecule has 6 atom stereocenters. The number of nitrogens with zero attached hydrogens (tertiary/aromatic N) is 1. The van der Waals surface area contributed by atoms with Crippen molar-refractivity contribution in [2.24, 2.45) is 28.6 Å². The lowest BCUT2D eigenvalue weighted by Crippen LogP contribution is -2.55. The summed E-state index contributed by atoms with van der Waals surface area (Å²) in [6.45, 7) is 4.39. The van der Waals surface area contributed by atoms with Crippen LogP contribution in [0.25, 0.3) is 0 Å². The summed E-state index contributed by atoms with van der Waals surface area (Å²) < 4.78 is 0. The molecule has 4 rings (SSSR count). The molecule has 0 aliphatic heterocycles. The Hall–Kier alpha value is -1.61. The van der Waals surface area contributed by atoms with Gasteiger partial charge in [-0.3, -0.25) is 9.63 Å². The molecular weight excluding hydrogens is 410 g/mol. The lowest BCUT2D eigenvalue weighted by atomic mass is 9.47. The Kier molecular flexibility index (Phi) is 4.30. The first kappa shape index (κ1) is 18.7. The van der Waals surface area contributed by atoms with Gasteiger partial charge in [0.25, 0.3) is 5.09 Å². The first-order valence-corrected chi connectivity index (χ1v) is 10.5. The predicted molar refractivity (Wildman–Crippen MR) is 104 cm³/mol. The number of carbonyl (C=O) groups excluding carboxylic acids is 1. The smallest absolute Gasteiger partial charge is 0.294 e. The van der Waals surface area contributed by atoms with Gasteiger partial charge in [0.15, 0.2) is 11.4 Å². The predicted octanol–water partition coefficient (Wildman–Crippen LogP) is 4.60. The number of ketones is 1. The van der Waals surface area contributed by atoms with Gasteiger partial charge in [-0.2, -0.15) is 0 Å². The number of rotatable bonds is 2. The van der Waals surface area contributed by atoms with Crippen LogP contribution in [0.1, 0.15) is 52.4 Å². The Morgan fingerprint density at radius 3 is 2.70 bits per heavy atom. The average molecular weight is 434 g/mol. The van der Waals surface area contributed by atoms with Gasteiger partial charge in [0, 0.05) is 26.8 Å². The minimum absolute atomic E-state index is 0.0749. The molecule has 0 amide bonds. The van der Waals surface area contributed by atoms with Crippen LogP contribution in [0.2, 0.25) is 0 Å². The van der Waals surface area contributed by atoms with Crippen LogP contribution in [0.5, 0.6) is 0 Å². The quantitative estimate of drug-likeness (QED) is 0.362. The molecule has 0 N–H and O–H groups in total. The second-order valence-electron chi connectivity index (χ2n) is 8.96. The molecular formula is C21H24BrNO4. The third kappa shape index (κ3) is 2.54. The van der Waals surface area contributed by atoms with Crippen molar-refractivity contribution in [2.75, 3.05) is 0 Å². The summed E-state index contributed by atoms with van der Waals surface area (Å²) in [5.74, 6) is 4.39. The number of hydrogen-bond donors (Lipinski definition) is 0. The van der Waals surface area contributed by atoms with E-state index in [1.54, 1.807) is 6.08 Å². The van der Waals surface area contributed by atoms with Crippen molar-refractivity contribution in [1.29, 1.82) is 0 Å². The van der Waals surface area contributed by atoms with Crippen LogP contribution < -0.4 is 0 Å². The number of fused-ring (bicyclic) bond motifs is 5. The van der Waals surface area contributed by atoms with Crippen molar-refractivity contribution < 1.29 is 14.7 Å². The number of halogens is 1. The zero-order valence-electron chi connectivity index (χ0n) is 15.7. The monoisotopic (exact) mass is 433 g/mol. The van der Waals surface area contributed by atoms with E-state index >= 15 is 0 Å². The zero-order chi connectivity index (χ0) is 19.4. The Morgan fingerprint density at radius 2 is 2.00 bits per heavy atom. The number of hydrogen-bond acceptors (Lipinski definition) is 4. The van der Waals surface area contributed by atoms with Gasteiger partial charge >= 0.3 is 0 Å². The summed E-state index contributed by atoms with van der Waals surface area (Å²) in [6, 6.07) is 0. The lowest BCUT2D eigenvalue weighted by molar-refractivity contribution is -0.781. The normalized spacial score (nSPS) is 44.9. The molecule has 0 spiro atoms. The van der Waals surface area contributed by atoms with Crippen molar-refractivity contribution in [1.82, 2.24) is 0 Å². The number of allylic oxidation sites excluding steroid dienone is 4. The summed E-state index contributed by atoms with van der Waals surface area (Å²) in [5, 5.41) is 10.6. The highest BCUT2D eigenvalue weighted by molar-refractivity contribution is 9.12. The van der Waals surface area contributed by atoms with Crippen molar-refractivity contribution in [3.8, 4) is 10.8 Å². The van der Waals surface area contributed by atoms with E-state index in [4.69, 9.17) is 4.84 Å². The molecule has 3 fully saturated rings. The highest BCUT2D eigenvalue weighted by Crippen LogP contribution is 2.67. The maximum absolute atomic E-state index is 11.9. The molecule has 4 aliphatic rings. The second kappa shape index (κ2) is 6.20. The van der Waals surface area contributed by atoms with E-state index in [9.17, 15) is 14.9 Å². The van der Waals surface area contributed by atoms with Gasteiger partial charge in [0.05, 0.1) is 0 Å². The van der Waals surface area contributed by atoms with E-state index in [0.717, 1.165) is 32.1 Å². The molecule has 3 saturated carbocycles. The van der Waals surface area contributed by atoms with E-state index in [0.29, 0.717) is 24.2 Å². The SMILES string of the molecule is C[C@]12C=CC(=O)C=C1CC[C@@H]1[C@@H]2CC[C@@]2(C)[C@H]1CC[C@]2(C#CBr)O[N+](=O)[O-]. The van der Waals surface area contributed by atoms with Crippen molar-refractivity contribution in [3.63, 3.8) is 0 Å². The van der Waals surface area contributed by atoms with Gasteiger partial charge in [-0.15, -0.1) is 10.1 Å². The first-order chi connectivity index (χ1) is 12.8. The topological polar surface area (TPSA) is 69.4 Å². The molecule has 6 heteroatoms. The fourth-order valence-electron chi connectivity index (χ4n) is 6.78. The lowest BCUT2D eigenvalue weighted by Gasteiger charge is -2.57. The molecule has 0 aromatic rings. The zero-order valence-corrected chi connectivity index (χ0v) is 17.3. The summed E-state index contributed by atoms with van der Waals surface area (Å²) in [6.07, 6.45) is 10.9. The van der Waals surface area contributed by atoms with Crippen LogP contribution in [0.15, 0.2) is 23.8 Å². The third-order valence-electron chi connectivity index (χ3n) is 8.16. The largest absolute Gasteiger partial charge is 0.296 e. The Morgan fingerprint density at radius 1 is 1.26 bits per heavy atom. The molecule has 144 valence electrons. The van der Waals surface area contributed by atoms with Crippen LogP contribution in [0.3, 0.4) is 0 Å². The van der Waals surface area contributed by atoms with E-state index in [1.807, 2.05) is 6.08 Å². The van der Waals surface area contributed by atoms with Crippen molar-refractivity contribution in [3.05, 3.63) is 33.9 Å². The molecule has 0 heterocycles. The molecule has 0 radical (unpaired) electrons. The summed E-state index contributed by atoms with van der Waals surface area (Å²) >= 11 is 3.14. The van der Waals surface area contributed by atoms with Gasteiger partial charge in [-0.1, -0.05) is 31.4 Å². The molecule has 5 nitrogen and oxygen atoms in total. The minimum Gasteiger partial charge on any atom is -0.294 e. The van der Waals surface area contributed by atoms with Crippen LogP contribution in [0, 0.1) is 49.4 Å². The van der Waals surface area contributed by atoms with E-state index in [2.05, 4.69) is 46.6 Å². The van der Waals surface area contributed by atoms with Gasteiger partial charge in [0.1, 0.15) is 0 Å². The molecule has 27 heavy (non-hydrogen) atoms. The fourth-order valence-corrected chi connectivity index (χ4v) is 7.10. The first-order valence-electron chi connectivity index (χ1n) is 9.66. The van der Waals surface area contributed by atoms with Gasteiger partial charge in [-0.25, -0.2) is 0 Å². The molecule has 0 aromatic heterocycles. The van der Waals surface area contributed by atoms with Crippen molar-refractivity contribution >= 4 is 21.7 Å². The van der Waals surface area contributed by atoms with Crippen molar-refractivity contribution in [2.45, 2.75) is 58.0 Å². The van der Waals surface area contributed by atoms with E-state index < -0.39 is 10.7 Å². The van der Waals surface area contributed by atoms with Crippen LogP contribution in [-0.4, -0.2) is 16.5 Å². The highest BCUT2D eigenvalue weighted by atomic mass is 79.9. The summed E-state index contributed by atoms with van der Waals surface area (Å²) in [5.41, 5.74) is -0.196. The Bertz CT molecular complexity index is 824. The Balaban J connectivity index is 1.71. The molecule has 0 aromatic carbocycles. The van der Waals surface area contributed by atoms with Gasteiger partial charge < -0.3 is 0 Å². The summed E-state index contributed by atoms with van der Waals surface area (Å²) in [7, 11) is 0. The van der Waals surface area contributed by atoms with Gasteiger partial charge in [-0.05, 0) is 73.3 Å². The van der Waals surface area contributed by atoms with Crippen LogP contribution in [0.4, 0.5) is 0 Å². The number of carbonyl (C=O) groups is 1. The molecule has 0 bridgehead atoms. The molecule has 0 saturated heterocycles. The second-order valence-corrected chi connectivity index (χ2v) is 9.36. The van der Waals surface area contributed by atoms with E-state index in [-0.39, 0.29) is 16.6 Å². The molecule has 0 unspecified atom stereocenters. The van der Waals surface area contributed by atoms with Crippen LogP contribution in [-0.2, 0) is 9.63 Å². The average Bonchev–Trinajstić information content (AvgIpc) is 2.88. The minimum atomic E-state index is -1.04. The van der Waals surface area contributed by atoms with E-state index in [1.165, 1.54) is 5.57 Å². The fraction of sp³-hybridized carbons (Fsp3) is 0.667. The van der Waals surface area contributed by atoms with Gasteiger partial charge in [0.2, 0.25) is 0 Å². The molecule has 4 aliphatic carbocycles. The Labute approximate surface area is 167 Å².